The summed E-state index contributed by atoms with van der Waals surface area (Å²) in [5.41, 5.74) is 2.67. The lowest BCUT2D eigenvalue weighted by Crippen LogP contribution is -2.20. The fourth-order valence-electron chi connectivity index (χ4n) is 3.36. The molecule has 0 saturated carbocycles. The van der Waals surface area contributed by atoms with Crippen LogP contribution in [0.15, 0.2) is 54.7 Å². The van der Waals surface area contributed by atoms with Crippen LogP contribution in [0.2, 0.25) is 5.02 Å². The van der Waals surface area contributed by atoms with Crippen molar-refractivity contribution in [1.82, 2.24) is 19.9 Å². The Balaban J connectivity index is 1.74. The molecule has 0 fully saturated rings. The maximum absolute atomic E-state index is 15.0. The van der Waals surface area contributed by atoms with Gasteiger partial charge in [-0.15, -0.1) is 0 Å². The summed E-state index contributed by atoms with van der Waals surface area (Å²) in [7, 11) is 1.48. The topological polar surface area (TPSA) is 88.9 Å². The summed E-state index contributed by atoms with van der Waals surface area (Å²) in [6, 6.07) is 13.0. The third-order valence-electron chi connectivity index (χ3n) is 4.90. The Bertz CT molecular complexity index is 1330. The van der Waals surface area contributed by atoms with Gasteiger partial charge in [-0.25, -0.2) is 14.4 Å². The number of amides is 2. The number of anilines is 1. The van der Waals surface area contributed by atoms with E-state index < -0.39 is 11.7 Å². The van der Waals surface area contributed by atoms with Gasteiger partial charge in [0, 0.05) is 18.8 Å². The van der Waals surface area contributed by atoms with Crippen LogP contribution >= 0.6 is 11.6 Å². The van der Waals surface area contributed by atoms with Crippen molar-refractivity contribution in [1.29, 1.82) is 0 Å². The van der Waals surface area contributed by atoms with Gasteiger partial charge in [0.05, 0.1) is 21.6 Å². The summed E-state index contributed by atoms with van der Waals surface area (Å²) >= 11 is 5.84. The second-order valence-electron chi connectivity index (χ2n) is 7.20. The number of hydrogen-bond donors (Lipinski definition) is 2. The van der Waals surface area contributed by atoms with Gasteiger partial charge >= 0.3 is 0 Å². The van der Waals surface area contributed by atoms with E-state index in [2.05, 4.69) is 20.6 Å². The highest BCUT2D eigenvalue weighted by molar-refractivity contribution is 6.30. The SMILES string of the molecule is CNC(=O)c1ccc(-c2nc3cc(C)ccc3n2CC(=O)Nc2ccc(Cl)cn2)c(F)c1. The fraction of sp³-hybridized carbons (Fsp3) is 0.130. The average molecular weight is 452 g/mol. The van der Waals surface area contributed by atoms with E-state index in [1.54, 1.807) is 16.7 Å². The quantitative estimate of drug-likeness (QED) is 0.476. The van der Waals surface area contributed by atoms with Crippen molar-refractivity contribution >= 4 is 40.3 Å². The third-order valence-corrected chi connectivity index (χ3v) is 5.12. The van der Waals surface area contributed by atoms with E-state index in [1.807, 2.05) is 25.1 Å². The number of benzene rings is 2. The normalized spacial score (nSPS) is 10.9. The minimum Gasteiger partial charge on any atom is -0.355 e. The van der Waals surface area contributed by atoms with E-state index in [0.29, 0.717) is 21.9 Å². The molecule has 0 bridgehead atoms. The molecule has 2 N–H and O–H groups in total. The van der Waals surface area contributed by atoms with E-state index in [-0.39, 0.29) is 29.4 Å². The molecule has 0 unspecified atom stereocenters. The summed E-state index contributed by atoms with van der Waals surface area (Å²) in [6.45, 7) is 1.81. The van der Waals surface area contributed by atoms with E-state index in [9.17, 15) is 14.0 Å². The van der Waals surface area contributed by atoms with E-state index in [0.717, 1.165) is 11.6 Å². The number of aryl methyl sites for hydroxylation is 1. The second-order valence-corrected chi connectivity index (χ2v) is 7.63. The molecular formula is C23H19ClFN5O2. The first-order chi connectivity index (χ1) is 15.4. The van der Waals surface area contributed by atoms with Crippen LogP contribution in [0.1, 0.15) is 15.9 Å². The molecule has 9 heteroatoms. The molecule has 0 radical (unpaired) electrons. The first kappa shape index (κ1) is 21.5. The Hall–Kier alpha value is -3.78. The number of hydrogen-bond acceptors (Lipinski definition) is 4. The number of fused-ring (bicyclic) bond motifs is 1. The van der Waals surface area contributed by atoms with Gasteiger partial charge in [-0.3, -0.25) is 9.59 Å². The van der Waals surface area contributed by atoms with Crippen molar-refractivity contribution in [3.63, 3.8) is 0 Å². The van der Waals surface area contributed by atoms with E-state index in [4.69, 9.17) is 11.6 Å². The van der Waals surface area contributed by atoms with Gasteiger partial charge in [0.25, 0.3) is 5.91 Å². The molecule has 7 nitrogen and oxygen atoms in total. The van der Waals surface area contributed by atoms with Gasteiger partial charge in [-0.2, -0.15) is 0 Å². The first-order valence-corrected chi connectivity index (χ1v) is 10.1. The molecule has 4 aromatic rings. The molecule has 0 aliphatic heterocycles. The predicted molar refractivity (Wildman–Crippen MR) is 121 cm³/mol. The molecule has 0 aliphatic rings. The van der Waals surface area contributed by atoms with Crippen molar-refractivity contribution < 1.29 is 14.0 Å². The molecule has 2 amide bonds. The molecular weight excluding hydrogens is 433 g/mol. The number of carbonyl (C=O) groups excluding carboxylic acids is 2. The molecule has 0 spiro atoms. The number of carbonyl (C=O) groups is 2. The van der Waals surface area contributed by atoms with Gasteiger partial charge in [-0.05, 0) is 55.0 Å². The van der Waals surface area contributed by atoms with Crippen LogP contribution in [-0.4, -0.2) is 33.4 Å². The summed E-state index contributed by atoms with van der Waals surface area (Å²) < 4.78 is 16.6. The van der Waals surface area contributed by atoms with Gasteiger partial charge < -0.3 is 15.2 Å². The fourth-order valence-corrected chi connectivity index (χ4v) is 3.48. The minimum atomic E-state index is -0.612. The van der Waals surface area contributed by atoms with Gasteiger partial charge in [0.2, 0.25) is 5.91 Å². The lowest BCUT2D eigenvalue weighted by atomic mass is 10.1. The molecule has 162 valence electrons. The molecule has 2 aromatic heterocycles. The number of rotatable bonds is 5. The van der Waals surface area contributed by atoms with Crippen molar-refractivity contribution in [3.8, 4) is 11.4 Å². The number of nitrogens with one attached hydrogen (secondary N) is 2. The van der Waals surface area contributed by atoms with E-state index >= 15 is 0 Å². The van der Waals surface area contributed by atoms with E-state index in [1.165, 1.54) is 25.4 Å². The number of aromatic nitrogens is 3. The summed E-state index contributed by atoms with van der Waals surface area (Å²) in [4.78, 5) is 33.2. The predicted octanol–water partition coefficient (Wildman–Crippen LogP) is 4.20. The smallest absolute Gasteiger partial charge is 0.251 e. The zero-order valence-corrected chi connectivity index (χ0v) is 18.1. The van der Waals surface area contributed by atoms with Gasteiger partial charge in [0.1, 0.15) is 24.0 Å². The monoisotopic (exact) mass is 451 g/mol. The van der Waals surface area contributed by atoms with Crippen molar-refractivity contribution in [2.45, 2.75) is 13.5 Å². The second kappa shape index (κ2) is 8.76. The molecule has 4 rings (SSSR count). The molecule has 0 aliphatic carbocycles. The molecule has 2 heterocycles. The summed E-state index contributed by atoms with van der Waals surface area (Å²) in [5.74, 6) is -0.731. The van der Waals surface area contributed by atoms with Crippen molar-refractivity contribution in [2.75, 3.05) is 12.4 Å². The summed E-state index contributed by atoms with van der Waals surface area (Å²) in [5, 5.41) is 5.63. The Morgan fingerprint density at radius 1 is 1.12 bits per heavy atom. The van der Waals surface area contributed by atoms with Crippen LogP contribution in [0.5, 0.6) is 0 Å². The highest BCUT2D eigenvalue weighted by Gasteiger charge is 2.19. The maximum Gasteiger partial charge on any atom is 0.251 e. The van der Waals surface area contributed by atoms with Crippen LogP contribution in [0, 0.1) is 12.7 Å². The van der Waals surface area contributed by atoms with Crippen LogP contribution < -0.4 is 10.6 Å². The number of nitrogens with zero attached hydrogens (tertiary/aromatic N) is 3. The van der Waals surface area contributed by atoms with Crippen LogP contribution in [-0.2, 0) is 11.3 Å². The number of pyridine rings is 1. The van der Waals surface area contributed by atoms with Crippen LogP contribution in [0.3, 0.4) is 0 Å². The largest absolute Gasteiger partial charge is 0.355 e. The Morgan fingerprint density at radius 2 is 1.94 bits per heavy atom. The molecule has 0 saturated heterocycles. The lowest BCUT2D eigenvalue weighted by molar-refractivity contribution is -0.116. The highest BCUT2D eigenvalue weighted by atomic mass is 35.5. The first-order valence-electron chi connectivity index (χ1n) is 9.76. The molecule has 0 atom stereocenters. The Morgan fingerprint density at radius 3 is 2.62 bits per heavy atom. The zero-order chi connectivity index (χ0) is 22.8. The van der Waals surface area contributed by atoms with Crippen molar-refractivity contribution in [3.05, 3.63) is 76.7 Å². The number of halogens is 2. The van der Waals surface area contributed by atoms with Gasteiger partial charge in [0.15, 0.2) is 0 Å². The van der Waals surface area contributed by atoms with Gasteiger partial charge in [-0.1, -0.05) is 17.7 Å². The summed E-state index contributed by atoms with van der Waals surface area (Å²) in [6.07, 6.45) is 1.43. The molecule has 2 aromatic carbocycles. The number of imidazole rings is 1. The van der Waals surface area contributed by atoms with Crippen LogP contribution in [0.25, 0.3) is 22.4 Å². The highest BCUT2D eigenvalue weighted by Crippen LogP contribution is 2.28. The Kier molecular flexibility index (Phi) is 5.87. The zero-order valence-electron chi connectivity index (χ0n) is 17.3. The third kappa shape index (κ3) is 4.31. The Labute approximate surface area is 188 Å². The van der Waals surface area contributed by atoms with Crippen molar-refractivity contribution in [2.24, 2.45) is 0 Å². The maximum atomic E-state index is 15.0. The lowest BCUT2D eigenvalue weighted by Gasteiger charge is -2.11. The van der Waals surface area contributed by atoms with Crippen LogP contribution in [0.4, 0.5) is 10.2 Å². The average Bonchev–Trinajstić information content (AvgIpc) is 3.11. The standard InChI is InChI=1S/C23H19ClFN5O2/c1-13-3-7-19-18(9-13)28-22(16-6-4-14(10-17(16)25)23(32)26-2)30(19)12-21(31)29-20-8-5-15(24)11-27-20/h3-11H,12H2,1-2H3,(H,26,32)(H,27,29,31). The molecule has 32 heavy (non-hydrogen) atoms. The minimum absolute atomic E-state index is 0.115.